The van der Waals surface area contributed by atoms with Crippen LogP contribution in [0.5, 0.6) is 5.75 Å². The Labute approximate surface area is 297 Å². The van der Waals surface area contributed by atoms with E-state index in [1.54, 1.807) is 54.9 Å². The molecule has 0 aliphatic carbocycles. The highest BCUT2D eigenvalue weighted by atomic mass is 19.4. The van der Waals surface area contributed by atoms with Crippen LogP contribution in [0.25, 0.3) is 5.69 Å². The number of halogens is 7. The number of benzene rings is 4. The molecule has 6 rings (SSSR count). The summed E-state index contributed by atoms with van der Waals surface area (Å²) in [6.45, 7) is 2.46. The molecule has 2 atom stereocenters. The fourth-order valence-electron chi connectivity index (χ4n) is 6.18. The number of carbonyl (C=O) groups excluding carboxylic acids is 3. The van der Waals surface area contributed by atoms with E-state index in [0.717, 1.165) is 12.1 Å². The Hall–Kier alpha value is -6.19. The summed E-state index contributed by atoms with van der Waals surface area (Å²) in [5, 5.41) is 9.81. The molecule has 5 aromatic rings. The first kappa shape index (κ1) is 36.6. The van der Waals surface area contributed by atoms with Gasteiger partial charge in [-0.25, -0.2) is 13.5 Å². The number of nitrogens with zero attached hydrogens (tertiary/aromatic N) is 3. The number of nitrogens with one attached hydrogen (secondary N) is 2. The van der Waals surface area contributed by atoms with E-state index in [4.69, 9.17) is 9.84 Å². The fourth-order valence-corrected chi connectivity index (χ4v) is 6.18. The van der Waals surface area contributed by atoms with Gasteiger partial charge in [0.25, 0.3) is 17.7 Å². The van der Waals surface area contributed by atoms with E-state index in [2.05, 4.69) is 10.6 Å². The zero-order valence-corrected chi connectivity index (χ0v) is 27.8. The predicted molar refractivity (Wildman–Crippen MR) is 178 cm³/mol. The molecule has 9 nitrogen and oxygen atoms in total. The summed E-state index contributed by atoms with van der Waals surface area (Å²) in [5.41, 5.74) is 0.593. The predicted octanol–water partition coefficient (Wildman–Crippen LogP) is 7.07. The lowest BCUT2D eigenvalue weighted by molar-refractivity contribution is -0.137. The smallest absolute Gasteiger partial charge is 0.416 e. The first-order valence-corrected chi connectivity index (χ1v) is 16.0. The quantitative estimate of drug-likeness (QED) is 0.124. The average molecular weight is 740 g/mol. The topological polar surface area (TPSA) is 106 Å². The number of amides is 3. The van der Waals surface area contributed by atoms with Crippen molar-refractivity contribution in [1.82, 2.24) is 15.1 Å². The molecule has 16 heteroatoms. The van der Waals surface area contributed by atoms with Gasteiger partial charge in [-0.2, -0.15) is 27.1 Å². The Morgan fingerprint density at radius 3 is 2.23 bits per heavy atom. The van der Waals surface area contributed by atoms with Crippen LogP contribution in [0.15, 0.2) is 84.9 Å². The molecule has 2 N–H and O–H groups in total. The van der Waals surface area contributed by atoms with E-state index >= 15 is 0 Å². The normalized spacial score (nSPS) is 15.6. The van der Waals surface area contributed by atoms with Gasteiger partial charge in [0, 0.05) is 35.3 Å². The number of alkyl halides is 3. The van der Waals surface area contributed by atoms with Gasteiger partial charge in [0.05, 0.1) is 16.9 Å². The molecular weight excluding hydrogens is 711 g/mol. The first-order chi connectivity index (χ1) is 25.2. The van der Waals surface area contributed by atoms with Gasteiger partial charge in [-0.1, -0.05) is 36.4 Å². The number of para-hydroxylation sites is 1. The van der Waals surface area contributed by atoms with Crippen LogP contribution >= 0.6 is 0 Å². The number of hydrogen-bond acceptors (Lipinski definition) is 5. The molecule has 0 saturated carbocycles. The Kier molecular flexibility index (Phi) is 9.97. The van der Waals surface area contributed by atoms with Gasteiger partial charge in [-0.05, 0) is 61.9 Å². The minimum atomic E-state index is -4.73. The molecule has 4 aromatic carbocycles. The van der Waals surface area contributed by atoms with Crippen LogP contribution in [0.2, 0.25) is 0 Å². The molecular formula is C37H28F7N5O4. The number of rotatable bonds is 9. The second kappa shape index (κ2) is 14.4. The third-order valence-electron chi connectivity index (χ3n) is 8.52. The highest BCUT2D eigenvalue weighted by Crippen LogP contribution is 2.44. The third kappa shape index (κ3) is 7.16. The molecule has 0 spiro atoms. The summed E-state index contributed by atoms with van der Waals surface area (Å²) in [7, 11) is 0. The number of hydrogen-bond donors (Lipinski definition) is 2. The Balaban J connectivity index is 1.39. The van der Waals surface area contributed by atoms with Gasteiger partial charge in [-0.3, -0.25) is 19.3 Å². The van der Waals surface area contributed by atoms with Crippen LogP contribution in [0.1, 0.15) is 45.6 Å². The lowest BCUT2D eigenvalue weighted by Crippen LogP contribution is -2.55. The van der Waals surface area contributed by atoms with Gasteiger partial charge in [0.15, 0.2) is 24.0 Å². The van der Waals surface area contributed by atoms with Crippen molar-refractivity contribution in [3.05, 3.63) is 136 Å². The standard InChI is InChI=1S/C37H28F7N5O4/c1-3-48-35-28(19(2)47-49(35)24-13-5-4-6-14-24)29(32(36(48)52)46-34(51)21-10-7-11-22(15-21)37(42,43)44)20-9-8-12-23(16-20)45-27(50)18-53-33-30(40)25(38)17-26(39)31(33)41/h4-17,29,32H,3,18H2,1-2H3,(H,45,50)(H,46,51)/t29-,32+/m0/s1. The monoisotopic (exact) mass is 739 g/mol. The minimum absolute atomic E-state index is 0.00909. The number of likely N-dealkylation sites (N-methyl/N-ethyl adjacent to an activating group) is 1. The maximum atomic E-state index is 14.4. The molecule has 1 aliphatic rings. The minimum Gasteiger partial charge on any atom is -0.477 e. The number of aryl methyl sites for hydroxylation is 1. The third-order valence-corrected chi connectivity index (χ3v) is 8.52. The van der Waals surface area contributed by atoms with Crippen LogP contribution in [-0.2, 0) is 15.8 Å². The SMILES string of the molecule is CCN1C(=O)[C@H](NC(=O)c2cccc(C(F)(F)F)c2)[C@@H](c2cccc(NC(=O)COc3c(F)c(F)cc(F)c3F)c2)c2c(C)nn(-c3ccccc3)c21. The molecule has 1 aromatic heterocycles. The number of fused-ring (bicyclic) bond motifs is 1. The Morgan fingerprint density at radius 2 is 1.57 bits per heavy atom. The van der Waals surface area contributed by atoms with Crippen LogP contribution in [0, 0.1) is 30.2 Å². The average Bonchev–Trinajstić information content (AvgIpc) is 3.47. The van der Waals surface area contributed by atoms with E-state index in [0.29, 0.717) is 34.4 Å². The molecule has 0 bridgehead atoms. The van der Waals surface area contributed by atoms with Crippen molar-refractivity contribution >= 4 is 29.2 Å². The fraction of sp³-hybridized carbons (Fsp3) is 0.189. The number of aromatic nitrogens is 2. The first-order valence-electron chi connectivity index (χ1n) is 16.0. The number of carbonyl (C=O) groups is 3. The molecule has 2 heterocycles. The van der Waals surface area contributed by atoms with Crippen LogP contribution in [0.3, 0.4) is 0 Å². The van der Waals surface area contributed by atoms with E-state index in [1.807, 2.05) is 0 Å². The maximum absolute atomic E-state index is 14.4. The zero-order valence-electron chi connectivity index (χ0n) is 27.8. The van der Waals surface area contributed by atoms with Gasteiger partial charge in [0.2, 0.25) is 11.6 Å². The highest BCUT2D eigenvalue weighted by molar-refractivity contribution is 6.05. The lowest BCUT2D eigenvalue weighted by Gasteiger charge is -2.38. The summed E-state index contributed by atoms with van der Waals surface area (Å²) in [6.07, 6.45) is -4.73. The van der Waals surface area contributed by atoms with Crippen molar-refractivity contribution in [2.45, 2.75) is 32.0 Å². The van der Waals surface area contributed by atoms with Gasteiger partial charge >= 0.3 is 6.18 Å². The van der Waals surface area contributed by atoms with Gasteiger partial charge < -0.3 is 15.4 Å². The Bertz CT molecular complexity index is 2200. The van der Waals surface area contributed by atoms with Crippen molar-refractivity contribution in [3.63, 3.8) is 0 Å². The summed E-state index contributed by atoms with van der Waals surface area (Å²) < 4.78 is 102. The summed E-state index contributed by atoms with van der Waals surface area (Å²) in [4.78, 5) is 42.2. The van der Waals surface area contributed by atoms with E-state index in [-0.39, 0.29) is 23.9 Å². The molecule has 53 heavy (non-hydrogen) atoms. The van der Waals surface area contributed by atoms with Crippen LogP contribution in [0.4, 0.5) is 42.2 Å². The van der Waals surface area contributed by atoms with E-state index < -0.39 is 77.0 Å². The molecule has 0 saturated heterocycles. The van der Waals surface area contributed by atoms with Crippen molar-refractivity contribution in [1.29, 1.82) is 0 Å². The van der Waals surface area contributed by atoms with Crippen molar-refractivity contribution in [2.24, 2.45) is 0 Å². The van der Waals surface area contributed by atoms with Crippen LogP contribution in [-0.4, -0.2) is 46.7 Å². The van der Waals surface area contributed by atoms with Crippen molar-refractivity contribution in [2.75, 3.05) is 23.4 Å². The van der Waals surface area contributed by atoms with Gasteiger partial charge in [-0.15, -0.1) is 0 Å². The van der Waals surface area contributed by atoms with E-state index in [1.165, 1.54) is 29.2 Å². The molecule has 0 unspecified atom stereocenters. The maximum Gasteiger partial charge on any atom is 0.416 e. The van der Waals surface area contributed by atoms with Crippen molar-refractivity contribution < 1.29 is 49.9 Å². The van der Waals surface area contributed by atoms with E-state index in [9.17, 15) is 45.1 Å². The molecule has 0 radical (unpaired) electrons. The summed E-state index contributed by atoms with van der Waals surface area (Å²) >= 11 is 0. The number of ether oxygens (including phenoxy) is 1. The van der Waals surface area contributed by atoms with Gasteiger partial charge in [0.1, 0.15) is 11.9 Å². The summed E-state index contributed by atoms with van der Waals surface area (Å²) in [6, 6.07) is 17.2. The molecule has 1 aliphatic heterocycles. The highest BCUT2D eigenvalue weighted by Gasteiger charge is 2.46. The van der Waals surface area contributed by atoms with Crippen molar-refractivity contribution in [3.8, 4) is 11.4 Å². The molecule has 0 fully saturated rings. The Morgan fingerprint density at radius 1 is 0.887 bits per heavy atom. The number of anilines is 2. The second-order valence-electron chi connectivity index (χ2n) is 11.9. The summed E-state index contributed by atoms with van der Waals surface area (Å²) in [5.74, 6) is -11.7. The lowest BCUT2D eigenvalue weighted by atomic mass is 9.81. The molecule has 3 amide bonds. The molecule has 274 valence electrons. The van der Waals surface area contributed by atoms with Crippen LogP contribution < -0.4 is 20.3 Å². The zero-order chi connectivity index (χ0) is 38.2. The largest absolute Gasteiger partial charge is 0.477 e. The second-order valence-corrected chi connectivity index (χ2v) is 11.9.